The van der Waals surface area contributed by atoms with Crippen molar-refractivity contribution in [3.63, 3.8) is 0 Å². The lowest BCUT2D eigenvalue weighted by Crippen LogP contribution is -2.24. The van der Waals surface area contributed by atoms with E-state index in [1.165, 1.54) is 0 Å². The van der Waals surface area contributed by atoms with Crippen LogP contribution in [0.25, 0.3) is 0 Å². The molecule has 3 aromatic rings. The van der Waals surface area contributed by atoms with E-state index in [2.05, 4.69) is 30.6 Å². The van der Waals surface area contributed by atoms with Crippen molar-refractivity contribution < 1.29 is 4.79 Å². The number of carbonyl (C=O) groups is 1. The molecule has 3 heterocycles. The van der Waals surface area contributed by atoms with Gasteiger partial charge in [-0.25, -0.2) is 15.0 Å². The van der Waals surface area contributed by atoms with Crippen LogP contribution < -0.4 is 10.6 Å². The Morgan fingerprint density at radius 1 is 1.00 bits per heavy atom. The second-order valence-electron chi connectivity index (χ2n) is 4.65. The number of hydrogen-bond acceptors (Lipinski definition) is 6. The van der Waals surface area contributed by atoms with Crippen molar-refractivity contribution in [2.75, 3.05) is 5.32 Å². The van der Waals surface area contributed by atoms with E-state index >= 15 is 0 Å². The highest BCUT2D eigenvalue weighted by Gasteiger charge is 2.08. The van der Waals surface area contributed by atoms with Crippen LogP contribution in [0.4, 0.5) is 11.8 Å². The number of rotatable bonds is 5. The van der Waals surface area contributed by atoms with Crippen molar-refractivity contribution in [2.45, 2.75) is 6.54 Å². The highest BCUT2D eigenvalue weighted by Crippen LogP contribution is 2.10. The molecule has 0 aliphatic rings. The lowest BCUT2D eigenvalue weighted by Gasteiger charge is -2.07. The van der Waals surface area contributed by atoms with Gasteiger partial charge in [0.2, 0.25) is 5.95 Å². The standard InChI is InChI=1S/C16H14N6O/c23-15(20-11-12-4-2-7-17-10-12)13-5-1-6-14(21-13)22-16-18-8-3-9-19-16/h1-10H,11H2,(H,20,23)(H,18,19,21,22). The average molecular weight is 306 g/mol. The Morgan fingerprint density at radius 2 is 1.87 bits per heavy atom. The molecule has 7 heteroatoms. The summed E-state index contributed by atoms with van der Waals surface area (Å²) >= 11 is 0. The fourth-order valence-electron chi connectivity index (χ4n) is 1.88. The number of nitrogens with zero attached hydrogens (tertiary/aromatic N) is 4. The SMILES string of the molecule is O=C(NCc1cccnc1)c1cccc(Nc2ncccn2)n1. The zero-order valence-electron chi connectivity index (χ0n) is 12.2. The van der Waals surface area contributed by atoms with Gasteiger partial charge in [0.1, 0.15) is 11.5 Å². The third-order valence-corrected chi connectivity index (χ3v) is 2.96. The van der Waals surface area contributed by atoms with Gasteiger partial charge in [-0.2, -0.15) is 0 Å². The molecule has 0 saturated carbocycles. The Bertz CT molecular complexity index is 779. The monoisotopic (exact) mass is 306 g/mol. The van der Waals surface area contributed by atoms with Crippen LogP contribution in [0.1, 0.15) is 16.1 Å². The first kappa shape index (κ1) is 14.6. The number of hydrogen-bond donors (Lipinski definition) is 2. The number of amides is 1. The number of carbonyl (C=O) groups excluding carboxylic acids is 1. The van der Waals surface area contributed by atoms with Gasteiger partial charge in [0.25, 0.3) is 5.91 Å². The lowest BCUT2D eigenvalue weighted by molar-refractivity contribution is 0.0946. The molecule has 0 aliphatic carbocycles. The van der Waals surface area contributed by atoms with E-state index < -0.39 is 0 Å². The van der Waals surface area contributed by atoms with Crippen molar-refractivity contribution in [1.29, 1.82) is 0 Å². The van der Waals surface area contributed by atoms with Gasteiger partial charge in [-0.15, -0.1) is 0 Å². The molecule has 0 aromatic carbocycles. The summed E-state index contributed by atoms with van der Waals surface area (Å²) in [7, 11) is 0. The van der Waals surface area contributed by atoms with Gasteiger partial charge in [0.05, 0.1) is 0 Å². The Balaban J connectivity index is 1.65. The molecule has 1 amide bonds. The van der Waals surface area contributed by atoms with Crippen LogP contribution in [-0.4, -0.2) is 25.8 Å². The molecular weight excluding hydrogens is 292 g/mol. The first-order valence-electron chi connectivity index (χ1n) is 6.99. The van der Waals surface area contributed by atoms with E-state index in [0.29, 0.717) is 24.0 Å². The zero-order chi connectivity index (χ0) is 15.9. The van der Waals surface area contributed by atoms with Crippen molar-refractivity contribution in [3.05, 3.63) is 72.4 Å². The molecule has 3 rings (SSSR count). The summed E-state index contributed by atoms with van der Waals surface area (Å²) in [4.78, 5) is 28.5. The van der Waals surface area contributed by atoms with Crippen LogP contribution in [0.5, 0.6) is 0 Å². The average Bonchev–Trinajstić information content (AvgIpc) is 2.62. The molecule has 0 spiro atoms. The van der Waals surface area contributed by atoms with Gasteiger partial charge >= 0.3 is 0 Å². The summed E-state index contributed by atoms with van der Waals surface area (Å²) in [5, 5.41) is 5.76. The summed E-state index contributed by atoms with van der Waals surface area (Å²) in [5.41, 5.74) is 1.24. The zero-order valence-corrected chi connectivity index (χ0v) is 12.2. The van der Waals surface area contributed by atoms with Crippen LogP contribution in [0.3, 0.4) is 0 Å². The summed E-state index contributed by atoms with van der Waals surface area (Å²) in [5.74, 6) is 0.671. The maximum atomic E-state index is 12.2. The molecule has 0 atom stereocenters. The van der Waals surface area contributed by atoms with Gasteiger partial charge in [-0.1, -0.05) is 12.1 Å². The Hall–Kier alpha value is -3.35. The minimum atomic E-state index is -0.258. The summed E-state index contributed by atoms with van der Waals surface area (Å²) in [6, 6.07) is 10.6. The molecule has 0 aliphatic heterocycles. The molecule has 0 unspecified atom stereocenters. The first-order valence-corrected chi connectivity index (χ1v) is 6.99. The summed E-state index contributed by atoms with van der Waals surface area (Å²) < 4.78 is 0. The Kier molecular flexibility index (Phi) is 4.49. The molecule has 3 aromatic heterocycles. The molecule has 0 saturated heterocycles. The van der Waals surface area contributed by atoms with Gasteiger partial charge < -0.3 is 10.6 Å². The topological polar surface area (TPSA) is 92.7 Å². The maximum Gasteiger partial charge on any atom is 0.270 e. The second kappa shape index (κ2) is 7.08. The summed E-state index contributed by atoms with van der Waals surface area (Å²) in [6.45, 7) is 0.397. The minimum absolute atomic E-state index is 0.258. The smallest absolute Gasteiger partial charge is 0.270 e. The van der Waals surface area contributed by atoms with Crippen LogP contribution in [0, 0.1) is 0 Å². The third kappa shape index (κ3) is 4.07. The maximum absolute atomic E-state index is 12.2. The second-order valence-corrected chi connectivity index (χ2v) is 4.65. The normalized spacial score (nSPS) is 10.1. The fraction of sp³-hybridized carbons (Fsp3) is 0.0625. The number of pyridine rings is 2. The van der Waals surface area contributed by atoms with Crippen LogP contribution in [0.2, 0.25) is 0 Å². The van der Waals surface area contributed by atoms with Crippen molar-refractivity contribution in [2.24, 2.45) is 0 Å². The molecular formula is C16H14N6O. The van der Waals surface area contributed by atoms with Gasteiger partial charge in [-0.3, -0.25) is 9.78 Å². The summed E-state index contributed by atoms with van der Waals surface area (Å²) in [6.07, 6.45) is 6.64. The van der Waals surface area contributed by atoms with Crippen molar-refractivity contribution in [3.8, 4) is 0 Å². The molecule has 23 heavy (non-hydrogen) atoms. The number of anilines is 2. The highest BCUT2D eigenvalue weighted by atomic mass is 16.1. The van der Waals surface area contributed by atoms with Crippen molar-refractivity contribution >= 4 is 17.7 Å². The van der Waals surface area contributed by atoms with Crippen LogP contribution in [-0.2, 0) is 6.54 Å². The van der Waals surface area contributed by atoms with Crippen LogP contribution >= 0.6 is 0 Å². The first-order chi connectivity index (χ1) is 11.3. The van der Waals surface area contributed by atoms with E-state index in [9.17, 15) is 4.79 Å². The Morgan fingerprint density at radius 3 is 2.65 bits per heavy atom. The largest absolute Gasteiger partial charge is 0.347 e. The minimum Gasteiger partial charge on any atom is -0.347 e. The fourth-order valence-corrected chi connectivity index (χ4v) is 1.88. The molecule has 2 N–H and O–H groups in total. The molecule has 114 valence electrons. The number of nitrogens with one attached hydrogen (secondary N) is 2. The van der Waals surface area contributed by atoms with E-state index in [4.69, 9.17) is 0 Å². The predicted octanol–water partition coefficient (Wildman–Crippen LogP) is 1.94. The third-order valence-electron chi connectivity index (χ3n) is 2.96. The van der Waals surface area contributed by atoms with Crippen molar-refractivity contribution in [1.82, 2.24) is 25.3 Å². The van der Waals surface area contributed by atoms with Gasteiger partial charge in [0, 0.05) is 31.3 Å². The molecule has 7 nitrogen and oxygen atoms in total. The highest BCUT2D eigenvalue weighted by molar-refractivity contribution is 5.92. The molecule has 0 bridgehead atoms. The van der Waals surface area contributed by atoms with Gasteiger partial charge in [-0.05, 0) is 29.8 Å². The van der Waals surface area contributed by atoms with Gasteiger partial charge in [0.15, 0.2) is 0 Å². The number of aromatic nitrogens is 4. The quantitative estimate of drug-likeness (QED) is 0.748. The molecule has 0 radical (unpaired) electrons. The van der Waals surface area contributed by atoms with E-state index in [1.54, 1.807) is 49.1 Å². The Labute approximate surface area is 132 Å². The van der Waals surface area contributed by atoms with Crippen LogP contribution in [0.15, 0.2) is 61.2 Å². The van der Waals surface area contributed by atoms with E-state index in [1.807, 2.05) is 12.1 Å². The van der Waals surface area contributed by atoms with E-state index in [0.717, 1.165) is 5.56 Å². The van der Waals surface area contributed by atoms with E-state index in [-0.39, 0.29) is 5.91 Å². The predicted molar refractivity (Wildman–Crippen MR) is 85.0 cm³/mol. The molecule has 0 fully saturated rings. The lowest BCUT2D eigenvalue weighted by atomic mass is 10.2.